The number of aryl methyl sites for hydroxylation is 2. The Kier molecular flexibility index (Phi) is 6.17. The largest absolute Gasteiger partial charge is 0.452 e. The van der Waals surface area contributed by atoms with Crippen molar-refractivity contribution in [2.24, 2.45) is 0 Å². The minimum atomic E-state index is -3.52. The predicted octanol–water partition coefficient (Wildman–Crippen LogP) is 2.41. The molecule has 0 bridgehead atoms. The second-order valence-corrected chi connectivity index (χ2v) is 9.38. The van der Waals surface area contributed by atoms with Crippen LogP contribution in [0.4, 0.5) is 5.69 Å². The normalized spacial score (nSPS) is 11.4. The Morgan fingerprint density at radius 3 is 2.27 bits per heavy atom. The molecule has 1 aromatic carbocycles. The third-order valence-corrected chi connectivity index (χ3v) is 6.31. The van der Waals surface area contributed by atoms with E-state index in [9.17, 15) is 18.0 Å². The van der Waals surface area contributed by atoms with Gasteiger partial charge in [0.2, 0.25) is 10.0 Å². The van der Waals surface area contributed by atoms with Crippen LogP contribution >= 0.6 is 11.3 Å². The molecule has 1 heterocycles. The van der Waals surface area contributed by atoms with Crippen molar-refractivity contribution in [1.82, 2.24) is 4.31 Å². The molecule has 0 saturated carbocycles. The van der Waals surface area contributed by atoms with E-state index in [0.717, 1.165) is 14.1 Å². The standard InChI is InChI=1S/C17H20N2O5S2/c1-11-9-15(12(2)25-11)17(21)24-10-16(20)18-13-5-7-14(8-6-13)26(22,23)19(3)4/h5-9H,10H2,1-4H3,(H,18,20). The van der Waals surface area contributed by atoms with E-state index in [0.29, 0.717) is 11.3 Å². The van der Waals surface area contributed by atoms with Crippen LogP contribution < -0.4 is 5.32 Å². The number of hydrogen-bond donors (Lipinski definition) is 1. The highest BCUT2D eigenvalue weighted by molar-refractivity contribution is 7.89. The molecule has 0 aliphatic carbocycles. The van der Waals surface area contributed by atoms with Crippen molar-refractivity contribution in [2.75, 3.05) is 26.0 Å². The minimum Gasteiger partial charge on any atom is -0.452 e. The molecule has 1 amide bonds. The van der Waals surface area contributed by atoms with Crippen molar-refractivity contribution in [3.05, 3.63) is 45.6 Å². The summed E-state index contributed by atoms with van der Waals surface area (Å²) >= 11 is 1.49. The fourth-order valence-corrected chi connectivity index (χ4v) is 3.97. The SMILES string of the molecule is Cc1cc(C(=O)OCC(=O)Nc2ccc(S(=O)(=O)N(C)C)cc2)c(C)s1. The number of nitrogens with zero attached hydrogens (tertiary/aromatic N) is 1. The number of ether oxygens (including phenoxy) is 1. The molecule has 0 aliphatic heterocycles. The predicted molar refractivity (Wildman–Crippen MR) is 100 cm³/mol. The first kappa shape index (κ1) is 20.1. The van der Waals surface area contributed by atoms with Crippen LogP contribution in [0, 0.1) is 13.8 Å². The molecule has 0 atom stereocenters. The number of benzene rings is 1. The van der Waals surface area contributed by atoms with Crippen LogP contribution in [0.15, 0.2) is 35.2 Å². The summed E-state index contributed by atoms with van der Waals surface area (Å²) in [5.41, 5.74) is 0.866. The summed E-state index contributed by atoms with van der Waals surface area (Å²) in [5, 5.41) is 2.55. The molecule has 0 fully saturated rings. The third-order valence-electron chi connectivity index (χ3n) is 3.51. The van der Waals surface area contributed by atoms with Crippen molar-refractivity contribution in [1.29, 1.82) is 0 Å². The molecule has 0 aliphatic rings. The first-order valence-corrected chi connectivity index (χ1v) is 9.93. The zero-order valence-electron chi connectivity index (χ0n) is 14.9. The van der Waals surface area contributed by atoms with E-state index < -0.39 is 28.5 Å². The van der Waals surface area contributed by atoms with Crippen LogP contribution in [0.3, 0.4) is 0 Å². The number of esters is 1. The topological polar surface area (TPSA) is 92.8 Å². The molecule has 0 unspecified atom stereocenters. The van der Waals surface area contributed by atoms with Crippen LogP contribution in [-0.2, 0) is 19.6 Å². The molecule has 0 saturated heterocycles. The van der Waals surface area contributed by atoms with Gasteiger partial charge < -0.3 is 10.1 Å². The van der Waals surface area contributed by atoms with Gasteiger partial charge in [-0.15, -0.1) is 11.3 Å². The van der Waals surface area contributed by atoms with Crippen molar-refractivity contribution < 1.29 is 22.7 Å². The van der Waals surface area contributed by atoms with Crippen LogP contribution in [0.1, 0.15) is 20.1 Å². The van der Waals surface area contributed by atoms with Gasteiger partial charge in [-0.2, -0.15) is 0 Å². The van der Waals surface area contributed by atoms with Gasteiger partial charge in [0.15, 0.2) is 6.61 Å². The van der Waals surface area contributed by atoms with Crippen molar-refractivity contribution in [3.63, 3.8) is 0 Å². The highest BCUT2D eigenvalue weighted by Crippen LogP contribution is 2.21. The fraction of sp³-hybridized carbons (Fsp3) is 0.294. The molecular formula is C17H20N2O5S2. The Bertz CT molecular complexity index is 915. The van der Waals surface area contributed by atoms with E-state index in [-0.39, 0.29) is 4.90 Å². The fourth-order valence-electron chi connectivity index (χ4n) is 2.16. The minimum absolute atomic E-state index is 0.121. The quantitative estimate of drug-likeness (QED) is 0.757. The smallest absolute Gasteiger partial charge is 0.339 e. The Morgan fingerprint density at radius 1 is 1.15 bits per heavy atom. The van der Waals surface area contributed by atoms with Gasteiger partial charge in [0, 0.05) is 29.5 Å². The number of carbonyl (C=O) groups is 2. The Morgan fingerprint density at radius 2 is 1.77 bits per heavy atom. The Balaban J connectivity index is 1.94. The van der Waals surface area contributed by atoms with E-state index in [1.165, 1.54) is 49.7 Å². The Labute approximate surface area is 156 Å². The second kappa shape index (κ2) is 7.98. The van der Waals surface area contributed by atoms with Gasteiger partial charge >= 0.3 is 5.97 Å². The van der Waals surface area contributed by atoms with E-state index >= 15 is 0 Å². The maximum absolute atomic E-state index is 12.0. The van der Waals surface area contributed by atoms with E-state index in [1.807, 2.05) is 13.8 Å². The van der Waals surface area contributed by atoms with Crippen LogP contribution in [0.25, 0.3) is 0 Å². The van der Waals surface area contributed by atoms with E-state index in [4.69, 9.17) is 4.74 Å². The third kappa shape index (κ3) is 4.69. The average molecular weight is 396 g/mol. The molecule has 140 valence electrons. The molecule has 2 aromatic rings. The lowest BCUT2D eigenvalue weighted by Gasteiger charge is -2.12. The summed E-state index contributed by atoms with van der Waals surface area (Å²) in [6.45, 7) is 3.28. The highest BCUT2D eigenvalue weighted by atomic mass is 32.2. The molecule has 2 rings (SSSR count). The maximum atomic E-state index is 12.0. The van der Waals surface area contributed by atoms with Crippen LogP contribution in [-0.4, -0.2) is 45.3 Å². The van der Waals surface area contributed by atoms with Gasteiger partial charge in [-0.05, 0) is 44.2 Å². The number of sulfonamides is 1. The number of nitrogens with one attached hydrogen (secondary N) is 1. The second-order valence-electron chi connectivity index (χ2n) is 5.76. The van der Waals surface area contributed by atoms with Gasteiger partial charge in [-0.25, -0.2) is 17.5 Å². The number of rotatable bonds is 6. The molecule has 1 aromatic heterocycles. The zero-order valence-corrected chi connectivity index (χ0v) is 16.5. The van der Waals surface area contributed by atoms with Crippen molar-refractivity contribution in [2.45, 2.75) is 18.7 Å². The molecule has 0 spiro atoms. The zero-order chi connectivity index (χ0) is 19.5. The summed E-state index contributed by atoms with van der Waals surface area (Å²) in [6, 6.07) is 7.47. The van der Waals surface area contributed by atoms with Crippen LogP contribution in [0.2, 0.25) is 0 Å². The lowest BCUT2D eigenvalue weighted by atomic mass is 10.2. The highest BCUT2D eigenvalue weighted by Gasteiger charge is 2.17. The van der Waals surface area contributed by atoms with E-state index in [1.54, 1.807) is 6.07 Å². The lowest BCUT2D eigenvalue weighted by molar-refractivity contribution is -0.119. The number of hydrogen-bond acceptors (Lipinski definition) is 6. The summed E-state index contributed by atoms with van der Waals surface area (Å²) < 4.78 is 30.1. The van der Waals surface area contributed by atoms with E-state index in [2.05, 4.69) is 5.32 Å². The summed E-state index contributed by atoms with van der Waals surface area (Å²) in [7, 11) is -0.643. The van der Waals surface area contributed by atoms with Gasteiger partial charge in [0.1, 0.15) is 0 Å². The molecule has 9 heteroatoms. The Hall–Kier alpha value is -2.23. The van der Waals surface area contributed by atoms with Gasteiger partial charge in [0.25, 0.3) is 5.91 Å². The molecule has 0 radical (unpaired) electrons. The summed E-state index contributed by atoms with van der Waals surface area (Å²) in [5.74, 6) is -1.06. The number of anilines is 1. The average Bonchev–Trinajstić information content (AvgIpc) is 2.91. The van der Waals surface area contributed by atoms with Crippen LogP contribution in [0.5, 0.6) is 0 Å². The lowest BCUT2D eigenvalue weighted by Crippen LogP contribution is -2.22. The van der Waals surface area contributed by atoms with Gasteiger partial charge in [0.05, 0.1) is 10.5 Å². The van der Waals surface area contributed by atoms with Gasteiger partial charge in [-0.1, -0.05) is 0 Å². The van der Waals surface area contributed by atoms with Gasteiger partial charge in [-0.3, -0.25) is 4.79 Å². The first-order chi connectivity index (χ1) is 12.1. The monoisotopic (exact) mass is 396 g/mol. The molecule has 7 nitrogen and oxygen atoms in total. The summed E-state index contributed by atoms with van der Waals surface area (Å²) in [6.07, 6.45) is 0. The molecule has 1 N–H and O–H groups in total. The van der Waals surface area contributed by atoms with Crippen molar-refractivity contribution >= 4 is 38.9 Å². The molecule has 26 heavy (non-hydrogen) atoms. The summed E-state index contributed by atoms with van der Waals surface area (Å²) in [4.78, 5) is 25.9. The molecular weight excluding hydrogens is 376 g/mol. The maximum Gasteiger partial charge on any atom is 0.339 e. The number of carbonyl (C=O) groups excluding carboxylic acids is 2. The number of amides is 1. The van der Waals surface area contributed by atoms with Crippen molar-refractivity contribution in [3.8, 4) is 0 Å². The first-order valence-electron chi connectivity index (χ1n) is 7.68. The number of thiophene rings is 1.